The van der Waals surface area contributed by atoms with Crippen LogP contribution in [0.5, 0.6) is 0 Å². The van der Waals surface area contributed by atoms with Crippen molar-refractivity contribution < 1.29 is 57.2 Å². The Labute approximate surface area is 360 Å². The van der Waals surface area contributed by atoms with E-state index in [2.05, 4.69) is 30.4 Å². The molecule has 324 valence electrons. The van der Waals surface area contributed by atoms with E-state index in [4.69, 9.17) is 28.4 Å². The van der Waals surface area contributed by atoms with E-state index < -0.39 is 80.1 Å². The fraction of sp³-hybridized carbons (Fsp3) is 0.250. The highest BCUT2D eigenvalue weighted by atomic mass is 16.6. The third-order valence-electron chi connectivity index (χ3n) is 8.84. The fourth-order valence-electron chi connectivity index (χ4n) is 5.63. The Morgan fingerprint density at radius 3 is 1.27 bits per heavy atom. The number of hydrogen-bond acceptors (Lipinski definition) is 12. The molecule has 0 saturated carbocycles. The lowest BCUT2D eigenvalue weighted by Gasteiger charge is -2.25. The molecule has 4 rings (SSSR count). The molecule has 2 amide bonds. The quantitative estimate of drug-likeness (QED) is 0.0491. The van der Waals surface area contributed by atoms with Crippen LogP contribution in [0.2, 0.25) is 0 Å². The van der Waals surface area contributed by atoms with Crippen LogP contribution in [0.25, 0.3) is 22.3 Å². The van der Waals surface area contributed by atoms with E-state index in [0.29, 0.717) is 11.4 Å². The van der Waals surface area contributed by atoms with Gasteiger partial charge in [0.2, 0.25) is 0 Å². The molecule has 0 heterocycles. The molecule has 4 aromatic rings. The minimum Gasteiger partial charge on any atom is -0.461 e. The molecule has 0 fully saturated rings. The van der Waals surface area contributed by atoms with Crippen LogP contribution in [0.1, 0.15) is 34.1 Å². The summed E-state index contributed by atoms with van der Waals surface area (Å²) in [5, 5.41) is 5.37. The second-order valence-electron chi connectivity index (χ2n) is 14.7. The molecule has 2 N–H and O–H groups in total. The van der Waals surface area contributed by atoms with Crippen molar-refractivity contribution in [3.63, 3.8) is 0 Å². The monoisotopic (exact) mass is 846 g/mol. The van der Waals surface area contributed by atoms with Crippen LogP contribution in [0.3, 0.4) is 0 Å². The molecular formula is C48H50N2O12. The Morgan fingerprint density at radius 1 is 0.516 bits per heavy atom. The number of hydrogen-bond donors (Lipinski definition) is 2. The second-order valence-corrected chi connectivity index (χ2v) is 14.7. The highest BCUT2D eigenvalue weighted by molar-refractivity contribution is 5.93. The van der Waals surface area contributed by atoms with Crippen molar-refractivity contribution in [1.29, 1.82) is 0 Å². The molecule has 62 heavy (non-hydrogen) atoms. The normalized spacial score (nSPS) is 11.7. The average molecular weight is 847 g/mol. The second kappa shape index (κ2) is 22.8. The predicted octanol–water partition coefficient (Wildman–Crippen LogP) is 8.85. The molecule has 0 aliphatic rings. The van der Waals surface area contributed by atoms with Crippen LogP contribution in [-0.4, -0.2) is 74.7 Å². The first kappa shape index (κ1) is 47.2. The molecular weight excluding hydrogens is 797 g/mol. The van der Waals surface area contributed by atoms with E-state index in [1.54, 1.807) is 24.3 Å². The maximum atomic E-state index is 13.4. The summed E-state index contributed by atoms with van der Waals surface area (Å²) in [6, 6.07) is 32.8. The van der Waals surface area contributed by atoms with E-state index in [1.807, 2.05) is 84.9 Å². The fourth-order valence-corrected chi connectivity index (χ4v) is 5.63. The number of rotatable bonds is 20. The average Bonchev–Trinajstić information content (AvgIpc) is 3.25. The summed E-state index contributed by atoms with van der Waals surface area (Å²) >= 11 is 0. The van der Waals surface area contributed by atoms with E-state index in [9.17, 15) is 28.8 Å². The lowest BCUT2D eigenvalue weighted by molar-refractivity contribution is -0.159. The van der Waals surface area contributed by atoms with Crippen molar-refractivity contribution in [3.05, 3.63) is 146 Å². The van der Waals surface area contributed by atoms with Gasteiger partial charge in [-0.25, -0.2) is 24.0 Å². The first-order valence-electron chi connectivity index (χ1n) is 19.5. The van der Waals surface area contributed by atoms with Gasteiger partial charge in [0.15, 0.2) is 12.2 Å². The van der Waals surface area contributed by atoms with Crippen molar-refractivity contribution in [2.45, 2.75) is 46.3 Å². The molecule has 2 atom stereocenters. The smallest absolute Gasteiger partial charge is 0.412 e. The number of carbonyl (C=O) groups is 6. The summed E-state index contributed by atoms with van der Waals surface area (Å²) in [6.07, 6.45) is -4.55. The van der Waals surface area contributed by atoms with E-state index >= 15 is 0 Å². The zero-order valence-corrected chi connectivity index (χ0v) is 35.1. The highest BCUT2D eigenvalue weighted by Gasteiger charge is 2.34. The SMILES string of the molecule is C=C(C)C(=O)OCC(COC(=O)C(=C)CC(C)(C)C(=O)OCC(COC(=O)C(=C)C)OC(=O)Nc1ccccc1-c1ccccc1)OC(=O)Nc1ccccc1-c1ccccc1. The number of nitrogens with one attached hydrogen (secondary N) is 2. The van der Waals surface area contributed by atoms with Crippen LogP contribution in [-0.2, 0) is 47.6 Å². The summed E-state index contributed by atoms with van der Waals surface area (Å²) in [5.74, 6) is -3.23. The van der Waals surface area contributed by atoms with Crippen LogP contribution >= 0.6 is 0 Å². The summed E-state index contributed by atoms with van der Waals surface area (Å²) in [4.78, 5) is 77.1. The molecule has 0 saturated heterocycles. The first-order chi connectivity index (χ1) is 29.5. The maximum Gasteiger partial charge on any atom is 0.412 e. The third-order valence-corrected chi connectivity index (χ3v) is 8.84. The standard InChI is InChI=1S/C48H50N2O12/c1-31(2)42(51)57-27-36(61-46(55)49-40-24-16-14-22-38(40)34-18-10-8-11-19-34)29-59-44(53)33(5)26-48(6,7)45(54)60-30-37(28-58-43(52)32(3)4)62-47(56)50-41-25-17-15-23-39(41)35-20-12-9-13-21-35/h8-25,36-37H,1,3,5,26-30H2,2,4,6-7H3,(H,49,55)(H,50,56). The van der Waals surface area contributed by atoms with Gasteiger partial charge in [0, 0.05) is 27.8 Å². The lowest BCUT2D eigenvalue weighted by Crippen LogP contribution is -2.36. The summed E-state index contributed by atoms with van der Waals surface area (Å²) in [5.41, 5.74) is 2.73. The number of para-hydroxylation sites is 2. The minimum atomic E-state index is -1.37. The third kappa shape index (κ3) is 14.7. The molecule has 0 aromatic heterocycles. The van der Waals surface area contributed by atoms with Gasteiger partial charge in [-0.05, 0) is 57.4 Å². The van der Waals surface area contributed by atoms with Crippen molar-refractivity contribution in [1.82, 2.24) is 0 Å². The highest BCUT2D eigenvalue weighted by Crippen LogP contribution is 2.30. The zero-order chi connectivity index (χ0) is 45.2. The topological polar surface area (TPSA) is 182 Å². The van der Waals surface area contributed by atoms with Gasteiger partial charge in [0.05, 0.1) is 16.8 Å². The predicted molar refractivity (Wildman–Crippen MR) is 233 cm³/mol. The molecule has 0 radical (unpaired) electrons. The van der Waals surface area contributed by atoms with Crippen molar-refractivity contribution >= 4 is 47.4 Å². The van der Waals surface area contributed by atoms with Crippen molar-refractivity contribution in [2.24, 2.45) is 5.41 Å². The first-order valence-corrected chi connectivity index (χ1v) is 19.5. The number of esters is 4. The molecule has 14 heteroatoms. The van der Waals surface area contributed by atoms with Crippen molar-refractivity contribution in [3.8, 4) is 22.3 Å². The minimum absolute atomic E-state index is 0.100. The van der Waals surface area contributed by atoms with Crippen LogP contribution in [0, 0.1) is 5.41 Å². The molecule has 0 aliphatic carbocycles. The van der Waals surface area contributed by atoms with E-state index in [1.165, 1.54) is 27.7 Å². The summed E-state index contributed by atoms with van der Waals surface area (Å²) < 4.78 is 32.4. The summed E-state index contributed by atoms with van der Waals surface area (Å²) in [7, 11) is 0. The van der Waals surface area contributed by atoms with Crippen LogP contribution in [0.4, 0.5) is 21.0 Å². The van der Waals surface area contributed by atoms with E-state index in [-0.39, 0.29) is 23.1 Å². The van der Waals surface area contributed by atoms with Gasteiger partial charge in [-0.3, -0.25) is 15.4 Å². The molecule has 4 aromatic carbocycles. The molecule has 2 unspecified atom stereocenters. The Hall–Kier alpha value is -7.48. The molecule has 0 spiro atoms. The number of carbonyl (C=O) groups excluding carboxylic acids is 6. The van der Waals surface area contributed by atoms with Gasteiger partial charge in [0.1, 0.15) is 26.4 Å². The zero-order valence-electron chi connectivity index (χ0n) is 35.1. The summed E-state index contributed by atoms with van der Waals surface area (Å²) in [6.45, 7) is 14.8. The van der Waals surface area contributed by atoms with Crippen molar-refractivity contribution in [2.75, 3.05) is 37.1 Å². The van der Waals surface area contributed by atoms with Crippen LogP contribution < -0.4 is 10.6 Å². The van der Waals surface area contributed by atoms with Gasteiger partial charge >= 0.3 is 36.1 Å². The number of amides is 2. The molecule has 0 bridgehead atoms. The number of anilines is 2. The number of ether oxygens (including phenoxy) is 6. The molecule has 0 aliphatic heterocycles. The van der Waals surface area contributed by atoms with Gasteiger partial charge in [0.25, 0.3) is 0 Å². The maximum absolute atomic E-state index is 13.4. The van der Waals surface area contributed by atoms with Gasteiger partial charge in [-0.1, -0.05) is 117 Å². The van der Waals surface area contributed by atoms with Gasteiger partial charge in [-0.2, -0.15) is 0 Å². The van der Waals surface area contributed by atoms with Gasteiger partial charge < -0.3 is 28.4 Å². The van der Waals surface area contributed by atoms with Crippen LogP contribution in [0.15, 0.2) is 146 Å². The van der Waals surface area contributed by atoms with Gasteiger partial charge in [-0.15, -0.1) is 0 Å². The Bertz CT molecular complexity index is 2270. The van der Waals surface area contributed by atoms with E-state index in [0.717, 1.165) is 22.3 Å². The Kier molecular flexibility index (Phi) is 17.3. The lowest BCUT2D eigenvalue weighted by atomic mass is 9.86. The Balaban J connectivity index is 1.36. The largest absolute Gasteiger partial charge is 0.461 e. The molecule has 14 nitrogen and oxygen atoms in total. The Morgan fingerprint density at radius 2 is 0.871 bits per heavy atom. The number of benzene rings is 4.